The van der Waals surface area contributed by atoms with Crippen LogP contribution in [0.3, 0.4) is 0 Å². The quantitative estimate of drug-likeness (QED) is 0.448. The van der Waals surface area contributed by atoms with Crippen molar-refractivity contribution in [2.45, 2.75) is 6.92 Å². The number of aromatic nitrogens is 2. The number of nitrogens with zero attached hydrogens (tertiary/aromatic N) is 2. The lowest BCUT2D eigenvalue weighted by atomic mass is 10.1. The van der Waals surface area contributed by atoms with Crippen molar-refractivity contribution in [2.24, 2.45) is 0 Å². The summed E-state index contributed by atoms with van der Waals surface area (Å²) in [6, 6.07) is 15.1. The van der Waals surface area contributed by atoms with Gasteiger partial charge in [-0.25, -0.2) is 0 Å². The second kappa shape index (κ2) is 3.33. The third-order valence-corrected chi connectivity index (χ3v) is 3.58. The van der Waals surface area contributed by atoms with Gasteiger partial charge in [-0.2, -0.15) is 0 Å². The molecule has 2 heteroatoms. The van der Waals surface area contributed by atoms with Crippen LogP contribution in [0, 0.1) is 6.92 Å². The molecule has 0 fully saturated rings. The Morgan fingerprint density at radius 1 is 1.00 bits per heavy atom. The molecule has 0 radical (unpaired) electrons. The maximum Gasteiger partial charge on any atom is 0.0675 e. The Balaban J connectivity index is 2.37. The van der Waals surface area contributed by atoms with Crippen LogP contribution in [0.1, 0.15) is 5.69 Å². The Morgan fingerprint density at radius 2 is 1.83 bits per heavy atom. The van der Waals surface area contributed by atoms with E-state index in [-0.39, 0.29) is 0 Å². The zero-order valence-corrected chi connectivity index (χ0v) is 10.1. The summed E-state index contributed by atoms with van der Waals surface area (Å²) in [5.41, 5.74) is 3.52. The van der Waals surface area contributed by atoms with Crippen LogP contribution in [0.25, 0.3) is 27.2 Å². The van der Waals surface area contributed by atoms with Crippen LogP contribution >= 0.6 is 0 Å². The Morgan fingerprint density at radius 3 is 2.78 bits per heavy atom. The van der Waals surface area contributed by atoms with Crippen molar-refractivity contribution in [3.05, 3.63) is 60.6 Å². The lowest BCUT2D eigenvalue weighted by molar-refractivity contribution is 1.12. The van der Waals surface area contributed by atoms with Gasteiger partial charge in [-0.3, -0.25) is 4.98 Å². The molecule has 2 heterocycles. The smallest absolute Gasteiger partial charge is 0.0675 e. The molecule has 0 N–H and O–H groups in total. The van der Waals surface area contributed by atoms with E-state index >= 15 is 0 Å². The molecule has 86 valence electrons. The fraction of sp³-hybridized carbons (Fsp3) is 0.0625. The van der Waals surface area contributed by atoms with Crippen molar-refractivity contribution in [3.8, 4) is 0 Å². The van der Waals surface area contributed by atoms with E-state index in [1.165, 1.54) is 27.2 Å². The summed E-state index contributed by atoms with van der Waals surface area (Å²) in [7, 11) is 0. The van der Waals surface area contributed by atoms with E-state index in [2.05, 4.69) is 58.8 Å². The van der Waals surface area contributed by atoms with Crippen LogP contribution in [-0.4, -0.2) is 9.38 Å². The van der Waals surface area contributed by atoms with Gasteiger partial charge in [-0.15, -0.1) is 0 Å². The maximum absolute atomic E-state index is 4.36. The van der Waals surface area contributed by atoms with Gasteiger partial charge in [0.05, 0.1) is 16.7 Å². The minimum atomic E-state index is 1.07. The van der Waals surface area contributed by atoms with Gasteiger partial charge in [0, 0.05) is 23.2 Å². The standard InChI is InChI=1S/C16H12N2/c1-11-15-10-13-7-6-12-4-2-3-5-14(12)16(13)18(15)9-8-17-11/h2-10H,1H3. The van der Waals surface area contributed by atoms with Crippen molar-refractivity contribution in [1.29, 1.82) is 0 Å². The average molecular weight is 232 g/mol. The lowest BCUT2D eigenvalue weighted by Gasteiger charge is -2.02. The van der Waals surface area contributed by atoms with E-state index < -0.39 is 0 Å². The molecule has 0 aliphatic heterocycles. The highest BCUT2D eigenvalue weighted by molar-refractivity contribution is 6.08. The minimum absolute atomic E-state index is 1.07. The molecule has 0 saturated carbocycles. The molecule has 0 bridgehead atoms. The molecule has 0 saturated heterocycles. The highest BCUT2D eigenvalue weighted by atomic mass is 14.9. The maximum atomic E-state index is 4.36. The van der Waals surface area contributed by atoms with E-state index in [0.29, 0.717) is 0 Å². The third kappa shape index (κ3) is 1.15. The van der Waals surface area contributed by atoms with E-state index in [9.17, 15) is 0 Å². The first-order valence-electron chi connectivity index (χ1n) is 6.09. The van der Waals surface area contributed by atoms with Crippen LogP contribution in [0.4, 0.5) is 0 Å². The van der Waals surface area contributed by atoms with Crippen molar-refractivity contribution < 1.29 is 0 Å². The molecule has 2 aromatic carbocycles. The second-order valence-corrected chi connectivity index (χ2v) is 4.64. The summed E-state index contributed by atoms with van der Waals surface area (Å²) in [6.45, 7) is 2.05. The summed E-state index contributed by atoms with van der Waals surface area (Å²) in [4.78, 5) is 4.36. The molecular formula is C16H12N2. The minimum Gasteiger partial charge on any atom is -0.313 e. The Hall–Kier alpha value is -2.35. The summed E-state index contributed by atoms with van der Waals surface area (Å²) < 4.78 is 2.24. The fourth-order valence-corrected chi connectivity index (χ4v) is 2.71. The number of aryl methyl sites for hydroxylation is 1. The normalized spacial score (nSPS) is 11.6. The average Bonchev–Trinajstić information content (AvgIpc) is 2.79. The van der Waals surface area contributed by atoms with Crippen LogP contribution in [-0.2, 0) is 0 Å². The van der Waals surface area contributed by atoms with Crippen molar-refractivity contribution in [1.82, 2.24) is 9.38 Å². The van der Waals surface area contributed by atoms with Crippen molar-refractivity contribution in [3.63, 3.8) is 0 Å². The van der Waals surface area contributed by atoms with E-state index in [1.807, 2.05) is 12.4 Å². The van der Waals surface area contributed by atoms with E-state index in [1.54, 1.807) is 0 Å². The Labute approximate surface area is 104 Å². The molecule has 0 atom stereocenters. The fourth-order valence-electron chi connectivity index (χ4n) is 2.71. The zero-order chi connectivity index (χ0) is 12.1. The predicted octanol–water partition coefficient (Wildman–Crippen LogP) is 3.95. The van der Waals surface area contributed by atoms with Gasteiger partial charge in [-0.1, -0.05) is 36.4 Å². The van der Waals surface area contributed by atoms with Crippen LogP contribution in [0.2, 0.25) is 0 Å². The van der Waals surface area contributed by atoms with Gasteiger partial charge < -0.3 is 4.40 Å². The predicted molar refractivity (Wildman–Crippen MR) is 74.9 cm³/mol. The molecule has 4 aromatic rings. The van der Waals surface area contributed by atoms with Gasteiger partial charge in [0.25, 0.3) is 0 Å². The van der Waals surface area contributed by atoms with Crippen LogP contribution in [0.5, 0.6) is 0 Å². The number of hydrogen-bond acceptors (Lipinski definition) is 1. The SMILES string of the molecule is Cc1nccn2c1cc1ccc3ccccc3c12. The van der Waals surface area contributed by atoms with Gasteiger partial charge in [0.2, 0.25) is 0 Å². The highest BCUT2D eigenvalue weighted by Crippen LogP contribution is 2.28. The molecular weight excluding hydrogens is 220 g/mol. The Bertz CT molecular complexity index is 887. The third-order valence-electron chi connectivity index (χ3n) is 3.58. The zero-order valence-electron chi connectivity index (χ0n) is 10.1. The molecule has 2 nitrogen and oxygen atoms in total. The molecule has 2 aromatic heterocycles. The molecule has 0 spiro atoms. The van der Waals surface area contributed by atoms with Gasteiger partial charge >= 0.3 is 0 Å². The monoisotopic (exact) mass is 232 g/mol. The Kier molecular flexibility index (Phi) is 1.78. The molecule has 0 unspecified atom stereocenters. The molecule has 4 rings (SSSR count). The molecule has 0 amide bonds. The van der Waals surface area contributed by atoms with Crippen molar-refractivity contribution in [2.75, 3.05) is 0 Å². The largest absolute Gasteiger partial charge is 0.313 e. The van der Waals surface area contributed by atoms with Gasteiger partial charge in [-0.05, 0) is 18.4 Å². The lowest BCUT2D eigenvalue weighted by Crippen LogP contribution is -1.89. The van der Waals surface area contributed by atoms with Crippen molar-refractivity contribution >= 4 is 27.2 Å². The van der Waals surface area contributed by atoms with E-state index in [0.717, 1.165) is 5.69 Å². The second-order valence-electron chi connectivity index (χ2n) is 4.64. The molecule has 18 heavy (non-hydrogen) atoms. The number of hydrogen-bond donors (Lipinski definition) is 0. The highest BCUT2D eigenvalue weighted by Gasteiger charge is 2.07. The van der Waals surface area contributed by atoms with Gasteiger partial charge in [0.1, 0.15) is 0 Å². The first kappa shape index (κ1) is 9.66. The van der Waals surface area contributed by atoms with Crippen LogP contribution in [0.15, 0.2) is 54.9 Å². The first-order valence-corrected chi connectivity index (χ1v) is 6.09. The summed E-state index contributed by atoms with van der Waals surface area (Å²) in [6.07, 6.45) is 3.90. The topological polar surface area (TPSA) is 17.3 Å². The summed E-state index contributed by atoms with van der Waals surface area (Å²) in [5.74, 6) is 0. The number of fused-ring (bicyclic) bond motifs is 5. The number of benzene rings is 2. The van der Waals surface area contributed by atoms with E-state index in [4.69, 9.17) is 0 Å². The first-order chi connectivity index (χ1) is 8.84. The summed E-state index contributed by atoms with van der Waals surface area (Å²) >= 11 is 0. The summed E-state index contributed by atoms with van der Waals surface area (Å²) in [5, 5.41) is 3.84. The van der Waals surface area contributed by atoms with Crippen LogP contribution < -0.4 is 0 Å². The number of rotatable bonds is 0. The molecule has 0 aliphatic carbocycles. The molecule has 0 aliphatic rings. The van der Waals surface area contributed by atoms with Gasteiger partial charge in [0.15, 0.2) is 0 Å².